The molecule has 2 aromatic rings. The minimum Gasteiger partial charge on any atom is -0.465 e. The van der Waals surface area contributed by atoms with Crippen LogP contribution in [0.3, 0.4) is 0 Å². The number of alkyl halides is 6. The smallest absolute Gasteiger partial charge is 0.416 e. The van der Waals surface area contributed by atoms with Crippen LogP contribution in [0, 0.1) is 0 Å². The maximum absolute atomic E-state index is 12.9. The van der Waals surface area contributed by atoms with Gasteiger partial charge in [-0.1, -0.05) is 0 Å². The van der Waals surface area contributed by atoms with E-state index >= 15 is 0 Å². The van der Waals surface area contributed by atoms with Crippen molar-refractivity contribution in [3.63, 3.8) is 0 Å². The summed E-state index contributed by atoms with van der Waals surface area (Å²) in [6.45, 7) is 0. The molecule has 148 valence electrons. The van der Waals surface area contributed by atoms with Crippen LogP contribution in [-0.2, 0) is 27.1 Å². The van der Waals surface area contributed by atoms with Crippen molar-refractivity contribution in [1.82, 2.24) is 0 Å². The predicted molar refractivity (Wildman–Crippen MR) is 82.9 cm³/mol. The van der Waals surface area contributed by atoms with Gasteiger partial charge in [0.2, 0.25) is 0 Å². The molecular weight excluding hydrogens is 424 g/mol. The maximum atomic E-state index is 12.9. The molecule has 2 rings (SSSR count). The van der Waals surface area contributed by atoms with Crippen LogP contribution in [0.1, 0.15) is 20.8 Å². The first kappa shape index (κ1) is 21.0. The number of sulfonamides is 1. The molecule has 13 heteroatoms. The largest absolute Gasteiger partial charge is 0.465 e. The highest BCUT2D eigenvalue weighted by Crippen LogP contribution is 2.38. The lowest BCUT2D eigenvalue weighted by Crippen LogP contribution is -2.18. The van der Waals surface area contributed by atoms with Gasteiger partial charge in [0.05, 0.1) is 23.9 Å². The summed E-state index contributed by atoms with van der Waals surface area (Å²) in [4.78, 5) is 10.5. The van der Waals surface area contributed by atoms with Gasteiger partial charge >= 0.3 is 18.3 Å². The molecule has 0 saturated carbocycles. The SMILES string of the molecule is COC(=O)c1sccc1S(=O)(=O)Nc1cc(C(F)(F)F)cc(C(F)(F)F)c1. The molecule has 0 radical (unpaired) electrons. The quantitative estimate of drug-likeness (QED) is 0.574. The second-order valence-corrected chi connectivity index (χ2v) is 7.57. The average Bonchev–Trinajstić information content (AvgIpc) is 3.02. The topological polar surface area (TPSA) is 72.5 Å². The summed E-state index contributed by atoms with van der Waals surface area (Å²) in [5, 5.41) is 1.20. The number of benzene rings is 1. The van der Waals surface area contributed by atoms with Crippen LogP contribution < -0.4 is 4.72 Å². The molecule has 0 spiro atoms. The van der Waals surface area contributed by atoms with E-state index in [0.29, 0.717) is 11.3 Å². The van der Waals surface area contributed by atoms with Crippen molar-refractivity contribution in [2.75, 3.05) is 11.8 Å². The zero-order valence-corrected chi connectivity index (χ0v) is 14.7. The fraction of sp³-hybridized carbons (Fsp3) is 0.214. The monoisotopic (exact) mass is 433 g/mol. The van der Waals surface area contributed by atoms with Crippen molar-refractivity contribution >= 4 is 33.0 Å². The van der Waals surface area contributed by atoms with Crippen LogP contribution >= 0.6 is 11.3 Å². The number of nitrogens with one attached hydrogen (secondary N) is 1. The average molecular weight is 433 g/mol. The highest BCUT2D eigenvalue weighted by atomic mass is 32.2. The Hall–Kier alpha value is -2.28. The van der Waals surface area contributed by atoms with E-state index in [0.717, 1.165) is 13.2 Å². The first-order chi connectivity index (χ1) is 12.3. The Morgan fingerprint density at radius 3 is 2.00 bits per heavy atom. The van der Waals surface area contributed by atoms with E-state index < -0.39 is 50.1 Å². The fourth-order valence-electron chi connectivity index (χ4n) is 1.97. The van der Waals surface area contributed by atoms with Crippen molar-refractivity contribution < 1.29 is 44.3 Å². The van der Waals surface area contributed by atoms with Crippen LogP contribution in [0.2, 0.25) is 0 Å². The van der Waals surface area contributed by atoms with Crippen molar-refractivity contribution in [2.24, 2.45) is 0 Å². The van der Waals surface area contributed by atoms with E-state index in [9.17, 15) is 39.6 Å². The zero-order valence-electron chi connectivity index (χ0n) is 13.1. The number of carbonyl (C=O) groups is 1. The van der Waals surface area contributed by atoms with Crippen molar-refractivity contribution in [3.8, 4) is 0 Å². The second-order valence-electron chi connectivity index (χ2n) is 5.01. The first-order valence-corrected chi connectivity index (χ1v) is 9.10. The summed E-state index contributed by atoms with van der Waals surface area (Å²) < 4.78 is 108. The third kappa shape index (κ3) is 4.71. The van der Waals surface area contributed by atoms with Gasteiger partial charge in [-0.25, -0.2) is 13.2 Å². The molecule has 1 N–H and O–H groups in total. The van der Waals surface area contributed by atoms with Crippen molar-refractivity contribution in [2.45, 2.75) is 17.2 Å². The van der Waals surface area contributed by atoms with Crippen LogP contribution in [0.25, 0.3) is 0 Å². The molecule has 0 aliphatic rings. The summed E-state index contributed by atoms with van der Waals surface area (Å²) in [6.07, 6.45) is -10.3. The number of methoxy groups -OCH3 is 1. The fourth-order valence-corrected chi connectivity index (χ4v) is 4.35. The third-order valence-corrected chi connectivity index (χ3v) is 5.58. The molecule has 1 aromatic heterocycles. The third-order valence-electron chi connectivity index (χ3n) is 3.13. The summed E-state index contributed by atoms with van der Waals surface area (Å²) >= 11 is 0.681. The van der Waals surface area contributed by atoms with E-state index in [2.05, 4.69) is 4.74 Å². The molecule has 1 heterocycles. The molecule has 0 atom stereocenters. The van der Waals surface area contributed by atoms with E-state index in [1.54, 1.807) is 4.72 Å². The molecular formula is C14H9F6NO4S2. The van der Waals surface area contributed by atoms with Gasteiger partial charge in [0.1, 0.15) is 9.77 Å². The number of anilines is 1. The minimum absolute atomic E-state index is 0.137. The first-order valence-electron chi connectivity index (χ1n) is 6.74. The molecule has 0 amide bonds. The normalized spacial score (nSPS) is 12.7. The number of hydrogen-bond donors (Lipinski definition) is 1. The number of ether oxygens (including phenoxy) is 1. The maximum Gasteiger partial charge on any atom is 0.416 e. The Kier molecular flexibility index (Phi) is 5.48. The van der Waals surface area contributed by atoms with E-state index in [1.807, 2.05) is 0 Å². The number of rotatable bonds is 4. The number of halogens is 6. The van der Waals surface area contributed by atoms with Crippen LogP contribution in [0.5, 0.6) is 0 Å². The van der Waals surface area contributed by atoms with E-state index in [4.69, 9.17) is 0 Å². The van der Waals surface area contributed by atoms with Crippen LogP contribution in [0.4, 0.5) is 32.0 Å². The molecule has 0 bridgehead atoms. The number of hydrogen-bond acceptors (Lipinski definition) is 5. The van der Waals surface area contributed by atoms with Gasteiger partial charge in [0.15, 0.2) is 0 Å². The molecule has 0 fully saturated rings. The second kappa shape index (κ2) is 7.03. The molecule has 0 unspecified atom stereocenters. The lowest BCUT2D eigenvalue weighted by molar-refractivity contribution is -0.143. The van der Waals surface area contributed by atoms with Crippen molar-refractivity contribution in [3.05, 3.63) is 45.6 Å². The zero-order chi connectivity index (χ0) is 20.6. The van der Waals surface area contributed by atoms with Crippen LogP contribution in [0.15, 0.2) is 34.5 Å². The summed E-state index contributed by atoms with van der Waals surface area (Å²) in [5.41, 5.74) is -4.33. The molecule has 0 aliphatic carbocycles. The van der Waals surface area contributed by atoms with Gasteiger partial charge in [-0.2, -0.15) is 26.3 Å². The van der Waals surface area contributed by atoms with Gasteiger partial charge in [-0.15, -0.1) is 11.3 Å². The Balaban J connectivity index is 2.53. The Morgan fingerprint density at radius 1 is 1.04 bits per heavy atom. The molecule has 0 saturated heterocycles. The molecule has 0 aliphatic heterocycles. The Labute approximate surface area is 152 Å². The highest BCUT2D eigenvalue weighted by Gasteiger charge is 2.37. The minimum atomic E-state index is -5.14. The summed E-state index contributed by atoms with van der Waals surface area (Å²) in [7, 11) is -3.67. The van der Waals surface area contributed by atoms with Gasteiger partial charge in [0, 0.05) is 0 Å². The van der Waals surface area contributed by atoms with Gasteiger partial charge < -0.3 is 4.74 Å². The van der Waals surface area contributed by atoms with Crippen LogP contribution in [-0.4, -0.2) is 21.5 Å². The number of thiophene rings is 1. The summed E-state index contributed by atoms with van der Waals surface area (Å²) in [5.74, 6) is -1.02. The number of esters is 1. The Bertz CT molecular complexity index is 930. The standard InChI is InChI=1S/C14H9F6NO4S2/c1-25-12(22)11-10(2-3-26-11)27(23,24)21-9-5-7(13(15,16)17)4-8(6-9)14(18,19)20/h2-6,21H,1H3. The number of carbonyl (C=O) groups excluding carboxylic acids is 1. The predicted octanol–water partition coefficient (Wildman–Crippen LogP) is 4.37. The van der Waals surface area contributed by atoms with Gasteiger partial charge in [-0.05, 0) is 29.6 Å². The van der Waals surface area contributed by atoms with Gasteiger partial charge in [0.25, 0.3) is 10.0 Å². The van der Waals surface area contributed by atoms with E-state index in [1.165, 1.54) is 5.38 Å². The summed E-state index contributed by atoms with van der Waals surface area (Å²) in [6, 6.07) is 1.27. The van der Waals surface area contributed by atoms with E-state index in [-0.39, 0.29) is 23.1 Å². The van der Waals surface area contributed by atoms with Crippen molar-refractivity contribution in [1.29, 1.82) is 0 Å². The Morgan fingerprint density at radius 2 is 1.56 bits per heavy atom. The molecule has 1 aromatic carbocycles. The molecule has 5 nitrogen and oxygen atoms in total. The van der Waals surface area contributed by atoms with Gasteiger partial charge in [-0.3, -0.25) is 4.72 Å². The lowest BCUT2D eigenvalue weighted by Gasteiger charge is -2.15. The molecule has 27 heavy (non-hydrogen) atoms. The lowest BCUT2D eigenvalue weighted by atomic mass is 10.1. The highest BCUT2D eigenvalue weighted by molar-refractivity contribution is 7.93.